The van der Waals surface area contributed by atoms with Gasteiger partial charge in [-0.05, 0) is 36.4 Å². The van der Waals surface area contributed by atoms with E-state index in [4.69, 9.17) is 16.1 Å². The number of aromatic nitrogens is 4. The fourth-order valence-electron chi connectivity index (χ4n) is 2.56. The summed E-state index contributed by atoms with van der Waals surface area (Å²) in [7, 11) is 0. The van der Waals surface area contributed by atoms with Gasteiger partial charge >= 0.3 is 6.18 Å². The highest BCUT2D eigenvalue weighted by molar-refractivity contribution is 6.30. The van der Waals surface area contributed by atoms with Gasteiger partial charge in [0.2, 0.25) is 11.3 Å². The van der Waals surface area contributed by atoms with Gasteiger partial charge in [-0.2, -0.15) is 23.3 Å². The predicted molar refractivity (Wildman–Crippen MR) is 98.6 cm³/mol. The molecule has 0 radical (unpaired) electrons. The SMILES string of the molecule is O=c1ccn(-c2ccc(Cl)cc2)nc1-c1nc(-c2cccc(C(F)(F)F)c2)no1. The molecule has 10 heteroatoms. The van der Waals surface area contributed by atoms with Crippen LogP contribution in [0.5, 0.6) is 0 Å². The molecule has 0 aliphatic carbocycles. The van der Waals surface area contributed by atoms with Crippen molar-refractivity contribution in [2.24, 2.45) is 0 Å². The molecule has 6 nitrogen and oxygen atoms in total. The molecule has 146 valence electrons. The first-order valence-electron chi connectivity index (χ1n) is 8.19. The Labute approximate surface area is 166 Å². The summed E-state index contributed by atoms with van der Waals surface area (Å²) in [5.41, 5.74) is -0.719. The molecule has 2 heterocycles. The molecule has 0 saturated carbocycles. The number of rotatable bonds is 3. The van der Waals surface area contributed by atoms with Crippen LogP contribution >= 0.6 is 11.6 Å². The molecule has 0 aliphatic heterocycles. The van der Waals surface area contributed by atoms with Gasteiger partial charge in [-0.1, -0.05) is 28.9 Å². The fourth-order valence-corrected chi connectivity index (χ4v) is 2.69. The number of benzene rings is 2. The van der Waals surface area contributed by atoms with E-state index >= 15 is 0 Å². The van der Waals surface area contributed by atoms with Crippen molar-refractivity contribution in [2.75, 3.05) is 0 Å². The summed E-state index contributed by atoms with van der Waals surface area (Å²) >= 11 is 5.87. The molecule has 0 amide bonds. The molecule has 0 fully saturated rings. The van der Waals surface area contributed by atoms with Gasteiger partial charge in [-0.3, -0.25) is 4.79 Å². The van der Waals surface area contributed by atoms with E-state index in [0.717, 1.165) is 12.1 Å². The van der Waals surface area contributed by atoms with Crippen molar-refractivity contribution < 1.29 is 17.7 Å². The topological polar surface area (TPSA) is 73.8 Å². The van der Waals surface area contributed by atoms with Crippen LogP contribution in [0.15, 0.2) is 70.1 Å². The molecule has 29 heavy (non-hydrogen) atoms. The van der Waals surface area contributed by atoms with Crippen LogP contribution in [0, 0.1) is 0 Å². The van der Waals surface area contributed by atoms with Crippen molar-refractivity contribution in [3.8, 4) is 28.7 Å². The van der Waals surface area contributed by atoms with Crippen molar-refractivity contribution in [3.63, 3.8) is 0 Å². The number of nitrogens with zero attached hydrogens (tertiary/aromatic N) is 4. The van der Waals surface area contributed by atoms with Crippen molar-refractivity contribution in [1.82, 2.24) is 19.9 Å². The lowest BCUT2D eigenvalue weighted by molar-refractivity contribution is -0.137. The minimum absolute atomic E-state index is 0.0887. The predicted octanol–water partition coefficient (Wildman–Crippen LogP) is 4.62. The Kier molecular flexibility index (Phi) is 4.67. The largest absolute Gasteiger partial charge is 0.416 e. The Morgan fingerprint density at radius 3 is 2.52 bits per heavy atom. The number of hydrogen-bond acceptors (Lipinski definition) is 5. The van der Waals surface area contributed by atoms with Crippen LogP contribution in [-0.2, 0) is 6.18 Å². The van der Waals surface area contributed by atoms with E-state index in [2.05, 4.69) is 15.2 Å². The molecule has 4 rings (SSSR count). The Morgan fingerprint density at radius 2 is 1.79 bits per heavy atom. The fraction of sp³-hybridized carbons (Fsp3) is 0.0526. The van der Waals surface area contributed by atoms with Gasteiger partial charge in [0.05, 0.1) is 11.3 Å². The molecule has 2 aromatic carbocycles. The van der Waals surface area contributed by atoms with E-state index in [1.54, 1.807) is 24.3 Å². The summed E-state index contributed by atoms with van der Waals surface area (Å²) in [5.74, 6) is -0.292. The number of alkyl halides is 3. The number of halogens is 4. The van der Waals surface area contributed by atoms with Crippen LogP contribution in [0.1, 0.15) is 5.56 Å². The van der Waals surface area contributed by atoms with Crippen molar-refractivity contribution in [1.29, 1.82) is 0 Å². The van der Waals surface area contributed by atoms with E-state index in [1.165, 1.54) is 29.1 Å². The Balaban J connectivity index is 1.72. The molecule has 0 spiro atoms. The molecular weight excluding hydrogens is 409 g/mol. The first kappa shape index (κ1) is 18.9. The van der Waals surface area contributed by atoms with Crippen molar-refractivity contribution in [2.45, 2.75) is 6.18 Å². The number of hydrogen-bond donors (Lipinski definition) is 0. The smallest absolute Gasteiger partial charge is 0.332 e. The van der Waals surface area contributed by atoms with Gasteiger partial charge in [0.25, 0.3) is 5.89 Å². The Hall–Kier alpha value is -3.46. The van der Waals surface area contributed by atoms with Gasteiger partial charge in [-0.25, -0.2) is 4.68 Å². The lowest BCUT2D eigenvalue weighted by Crippen LogP contribution is -2.12. The zero-order valence-electron chi connectivity index (χ0n) is 14.4. The highest BCUT2D eigenvalue weighted by atomic mass is 35.5. The second-order valence-electron chi connectivity index (χ2n) is 5.95. The molecule has 0 bridgehead atoms. The maximum Gasteiger partial charge on any atom is 0.416 e. The average molecular weight is 419 g/mol. The van der Waals surface area contributed by atoms with Crippen LogP contribution in [0.25, 0.3) is 28.7 Å². The average Bonchev–Trinajstić information content (AvgIpc) is 3.19. The van der Waals surface area contributed by atoms with Crippen LogP contribution in [0.2, 0.25) is 5.02 Å². The van der Waals surface area contributed by atoms with Crippen LogP contribution in [-0.4, -0.2) is 19.9 Å². The van der Waals surface area contributed by atoms with Crippen molar-refractivity contribution in [3.05, 3.63) is 81.6 Å². The first-order valence-corrected chi connectivity index (χ1v) is 8.57. The highest BCUT2D eigenvalue weighted by Gasteiger charge is 2.31. The summed E-state index contributed by atoms with van der Waals surface area (Å²) in [6.45, 7) is 0. The molecular formula is C19H10ClF3N4O2. The lowest BCUT2D eigenvalue weighted by atomic mass is 10.1. The normalized spacial score (nSPS) is 11.6. The summed E-state index contributed by atoms with van der Waals surface area (Å²) < 4.78 is 45.2. The summed E-state index contributed by atoms with van der Waals surface area (Å²) in [4.78, 5) is 16.3. The Bertz CT molecular complexity index is 1230. The third kappa shape index (κ3) is 3.90. The van der Waals surface area contributed by atoms with E-state index in [0.29, 0.717) is 10.7 Å². The second-order valence-corrected chi connectivity index (χ2v) is 6.39. The second kappa shape index (κ2) is 7.17. The van der Waals surface area contributed by atoms with Gasteiger partial charge in [0, 0.05) is 22.8 Å². The standard InChI is InChI=1S/C19H10ClF3N4O2/c20-13-4-6-14(7-5-13)27-9-8-15(28)16(25-27)18-24-17(26-29-18)11-2-1-3-12(10-11)19(21,22)23/h1-10H. The highest BCUT2D eigenvalue weighted by Crippen LogP contribution is 2.31. The maximum absolute atomic E-state index is 12.9. The zero-order chi connectivity index (χ0) is 20.6. The molecule has 0 unspecified atom stereocenters. The van der Waals surface area contributed by atoms with Crippen LogP contribution in [0.4, 0.5) is 13.2 Å². The third-order valence-corrected chi connectivity index (χ3v) is 4.23. The van der Waals surface area contributed by atoms with Gasteiger partial charge in [0.1, 0.15) is 0 Å². The van der Waals surface area contributed by atoms with Crippen LogP contribution < -0.4 is 5.43 Å². The monoisotopic (exact) mass is 418 g/mol. The zero-order valence-corrected chi connectivity index (χ0v) is 15.1. The molecule has 4 aromatic rings. The molecule has 0 N–H and O–H groups in total. The Morgan fingerprint density at radius 1 is 1.03 bits per heavy atom. The summed E-state index contributed by atoms with van der Waals surface area (Å²) in [6.07, 6.45) is -3.05. The minimum atomic E-state index is -4.50. The third-order valence-electron chi connectivity index (χ3n) is 3.98. The van der Waals surface area contributed by atoms with Gasteiger partial charge < -0.3 is 4.52 Å². The molecule has 2 aromatic heterocycles. The quantitative estimate of drug-likeness (QED) is 0.485. The van der Waals surface area contributed by atoms with Crippen LogP contribution in [0.3, 0.4) is 0 Å². The lowest BCUT2D eigenvalue weighted by Gasteiger charge is -2.06. The van der Waals surface area contributed by atoms with Gasteiger partial charge in [0.15, 0.2) is 5.69 Å². The molecule has 0 saturated heterocycles. The van der Waals surface area contributed by atoms with E-state index in [1.807, 2.05) is 0 Å². The summed E-state index contributed by atoms with van der Waals surface area (Å²) in [5, 5.41) is 8.41. The van der Waals surface area contributed by atoms with Gasteiger partial charge in [-0.15, -0.1) is 0 Å². The first-order chi connectivity index (χ1) is 13.8. The summed E-state index contributed by atoms with van der Waals surface area (Å²) in [6, 6.07) is 12.5. The molecule has 0 atom stereocenters. The van der Waals surface area contributed by atoms with Crippen molar-refractivity contribution >= 4 is 11.6 Å². The molecule has 0 aliphatic rings. The van der Waals surface area contributed by atoms with E-state index in [-0.39, 0.29) is 23.0 Å². The van der Waals surface area contributed by atoms with E-state index < -0.39 is 17.2 Å². The maximum atomic E-state index is 12.9. The van der Waals surface area contributed by atoms with E-state index in [9.17, 15) is 18.0 Å². The minimum Gasteiger partial charge on any atom is -0.332 e.